The number of rotatable bonds is 1. The van der Waals surface area contributed by atoms with Crippen LogP contribution in [0.3, 0.4) is 0 Å². The Labute approximate surface area is 77.8 Å². The van der Waals surface area contributed by atoms with Crippen LogP contribution in [0.5, 0.6) is 0 Å². The van der Waals surface area contributed by atoms with Gasteiger partial charge in [0.25, 0.3) is 5.60 Å². The average molecular weight is 247 g/mol. The summed E-state index contributed by atoms with van der Waals surface area (Å²) in [4.78, 5) is 0. The average Bonchev–Trinajstić information content (AvgIpc) is 1.93. The summed E-state index contributed by atoms with van der Waals surface area (Å²) >= 11 is 4.05. The summed E-state index contributed by atoms with van der Waals surface area (Å²) in [6.45, 7) is 0. The van der Waals surface area contributed by atoms with Crippen LogP contribution in [-0.4, -0.2) is 29.7 Å². The van der Waals surface area contributed by atoms with Gasteiger partial charge in [-0.05, 0) is 11.6 Å². The first-order valence-electron chi connectivity index (χ1n) is 3.13. The highest BCUT2D eigenvalue weighted by atomic mass is 35.5. The van der Waals surface area contributed by atoms with E-state index in [1.54, 1.807) is 0 Å². The molecule has 1 nitrogen and oxygen atoms in total. The predicted molar refractivity (Wildman–Crippen MR) is 30.5 cm³/mol. The van der Waals surface area contributed by atoms with Crippen molar-refractivity contribution < 1.29 is 35.5 Å². The molecule has 0 spiro atoms. The Morgan fingerprint density at radius 3 is 1.57 bits per heavy atom. The smallest absolute Gasteiger partial charge is 0.319 e. The summed E-state index contributed by atoms with van der Waals surface area (Å²) in [6, 6.07) is 0. The zero-order valence-electron chi connectivity index (χ0n) is 6.09. The Morgan fingerprint density at radius 1 is 1.07 bits per heavy atom. The van der Waals surface area contributed by atoms with Crippen LogP contribution in [0.15, 0.2) is 0 Å². The van der Waals surface area contributed by atoms with Crippen LogP contribution in [0.2, 0.25) is 0 Å². The van der Waals surface area contributed by atoms with E-state index in [9.17, 15) is 30.7 Å². The van der Waals surface area contributed by atoms with Gasteiger partial charge >= 0.3 is 11.6 Å². The first kappa shape index (κ1) is 11.8. The van der Waals surface area contributed by atoms with Gasteiger partial charge in [0.2, 0.25) is 12.5 Å². The van der Waals surface area contributed by atoms with Crippen molar-refractivity contribution in [2.75, 3.05) is 0 Å². The minimum atomic E-state index is -5.79. The molecule has 0 aromatic rings. The van der Waals surface area contributed by atoms with E-state index < -0.39 is 29.7 Å². The fourth-order valence-electron chi connectivity index (χ4n) is 1.02. The van der Waals surface area contributed by atoms with Crippen molar-refractivity contribution in [3.8, 4) is 0 Å². The first-order chi connectivity index (χ1) is 6.04. The number of hydrogen-bond acceptors (Lipinski definition) is 1. The molecule has 1 aliphatic heterocycles. The molecule has 14 heavy (non-hydrogen) atoms. The summed E-state index contributed by atoms with van der Waals surface area (Å²) in [5.41, 5.74) is -4.58. The molecule has 0 aromatic carbocycles. The summed E-state index contributed by atoms with van der Waals surface area (Å²) < 4.78 is 88.0. The first-order valence-corrected chi connectivity index (χ1v) is 3.51. The zero-order valence-corrected chi connectivity index (χ0v) is 6.84. The van der Waals surface area contributed by atoms with Crippen molar-refractivity contribution in [3.63, 3.8) is 0 Å². The van der Waals surface area contributed by atoms with E-state index in [0.717, 1.165) is 0 Å². The van der Waals surface area contributed by atoms with Crippen molar-refractivity contribution in [1.29, 1.82) is 0 Å². The van der Waals surface area contributed by atoms with Crippen molar-refractivity contribution in [1.82, 2.24) is 0 Å². The molecule has 1 saturated heterocycles. The molecule has 1 aliphatic rings. The van der Waals surface area contributed by atoms with E-state index in [-0.39, 0.29) is 0 Å². The second-order valence-corrected chi connectivity index (χ2v) is 3.08. The van der Waals surface area contributed by atoms with Crippen LogP contribution < -0.4 is 0 Å². The lowest BCUT2D eigenvalue weighted by Crippen LogP contribution is -2.75. The molecule has 0 unspecified atom stereocenters. The van der Waals surface area contributed by atoms with E-state index in [2.05, 4.69) is 16.3 Å². The SMILES string of the molecule is F[C@H]1O[C@@](C(F)(F)F)(C(F)(F)Cl)[C@H]1F. The van der Waals surface area contributed by atoms with Crippen LogP contribution in [0.1, 0.15) is 0 Å². The summed E-state index contributed by atoms with van der Waals surface area (Å²) in [5, 5.41) is -5.06. The summed E-state index contributed by atoms with van der Waals surface area (Å²) in [6.07, 6.45) is -12.4. The third kappa shape index (κ3) is 1.27. The maximum atomic E-state index is 12.4. The monoisotopic (exact) mass is 246 g/mol. The molecule has 1 heterocycles. The predicted octanol–water partition coefficient (Wildman–Crippen LogP) is 2.78. The number of halogens is 8. The van der Waals surface area contributed by atoms with Gasteiger partial charge in [0.15, 0.2) is 0 Å². The molecule has 0 aliphatic carbocycles. The second kappa shape index (κ2) is 2.88. The Bertz CT molecular complexity index is 219. The quantitative estimate of drug-likeness (QED) is 0.511. The topological polar surface area (TPSA) is 9.23 Å². The second-order valence-electron chi connectivity index (χ2n) is 2.60. The highest BCUT2D eigenvalue weighted by Gasteiger charge is 2.83. The van der Waals surface area contributed by atoms with Gasteiger partial charge in [-0.3, -0.25) is 0 Å². The highest BCUT2D eigenvalue weighted by molar-refractivity contribution is 6.22. The Balaban J connectivity index is 3.08. The molecule has 3 atom stereocenters. The largest absolute Gasteiger partial charge is 0.428 e. The van der Waals surface area contributed by atoms with Gasteiger partial charge in [-0.2, -0.15) is 22.0 Å². The minimum Gasteiger partial charge on any atom is -0.319 e. The van der Waals surface area contributed by atoms with E-state index in [4.69, 9.17) is 0 Å². The lowest BCUT2D eigenvalue weighted by Gasteiger charge is -2.48. The van der Waals surface area contributed by atoms with Crippen LogP contribution in [0, 0.1) is 0 Å². The molecule has 1 rings (SSSR count). The molecule has 0 amide bonds. The lowest BCUT2D eigenvalue weighted by atomic mass is 9.91. The Hall–Kier alpha value is -0.240. The summed E-state index contributed by atoms with van der Waals surface area (Å²) in [7, 11) is 0. The fraction of sp³-hybridized carbons (Fsp3) is 1.00. The molecule has 1 fully saturated rings. The lowest BCUT2D eigenvalue weighted by molar-refractivity contribution is -0.443. The van der Waals surface area contributed by atoms with Gasteiger partial charge in [-0.25, -0.2) is 8.78 Å². The van der Waals surface area contributed by atoms with Crippen LogP contribution in [0.25, 0.3) is 0 Å². The molecule has 0 saturated carbocycles. The number of alkyl halides is 8. The Morgan fingerprint density at radius 2 is 1.50 bits per heavy atom. The third-order valence-electron chi connectivity index (χ3n) is 1.76. The normalized spacial score (nSPS) is 39.4. The highest BCUT2D eigenvalue weighted by Crippen LogP contribution is 2.57. The van der Waals surface area contributed by atoms with Gasteiger partial charge in [0.1, 0.15) is 0 Å². The maximum absolute atomic E-state index is 12.4. The summed E-state index contributed by atoms with van der Waals surface area (Å²) in [5.74, 6) is 0. The van der Waals surface area contributed by atoms with Gasteiger partial charge in [0.05, 0.1) is 0 Å². The van der Waals surface area contributed by atoms with Crippen molar-refractivity contribution in [2.45, 2.75) is 29.7 Å². The number of ether oxygens (including phenoxy) is 1. The maximum Gasteiger partial charge on any atom is 0.428 e. The molecule has 84 valence electrons. The van der Waals surface area contributed by atoms with Crippen LogP contribution in [-0.2, 0) is 4.74 Å². The van der Waals surface area contributed by atoms with Crippen molar-refractivity contribution in [2.24, 2.45) is 0 Å². The molecule has 0 aromatic heterocycles. The van der Waals surface area contributed by atoms with Crippen molar-refractivity contribution >= 4 is 11.6 Å². The molecule has 0 bridgehead atoms. The fourth-order valence-corrected chi connectivity index (χ4v) is 1.28. The van der Waals surface area contributed by atoms with Crippen LogP contribution in [0.4, 0.5) is 30.7 Å². The van der Waals surface area contributed by atoms with Crippen molar-refractivity contribution in [3.05, 3.63) is 0 Å². The van der Waals surface area contributed by atoms with E-state index >= 15 is 0 Å². The zero-order chi connectivity index (χ0) is 11.4. The van der Waals surface area contributed by atoms with E-state index in [1.165, 1.54) is 0 Å². The van der Waals surface area contributed by atoms with Gasteiger partial charge in [0, 0.05) is 0 Å². The van der Waals surface area contributed by atoms with Gasteiger partial charge < -0.3 is 4.74 Å². The molecular weight excluding hydrogens is 244 g/mol. The molecule has 0 N–H and O–H groups in total. The number of hydrogen-bond donors (Lipinski definition) is 0. The van der Waals surface area contributed by atoms with E-state index in [1.807, 2.05) is 0 Å². The van der Waals surface area contributed by atoms with Gasteiger partial charge in [-0.1, -0.05) is 0 Å². The standard InChI is InChI=1S/C5H2ClF7O/c6-4(9,10)3(5(11,12)13)1(7)2(8)14-3/h1-2H/t1-,2-,3+/m0/s1. The third-order valence-corrected chi connectivity index (χ3v) is 2.04. The molecule has 9 heteroatoms. The molecule has 0 radical (unpaired) electrons. The van der Waals surface area contributed by atoms with E-state index in [0.29, 0.717) is 0 Å². The minimum absolute atomic E-state index is 3.04. The van der Waals surface area contributed by atoms with Crippen LogP contribution >= 0.6 is 11.6 Å². The van der Waals surface area contributed by atoms with Gasteiger partial charge in [-0.15, -0.1) is 0 Å². The Kier molecular flexibility index (Phi) is 2.43. The molecular formula is C5H2ClF7O.